The van der Waals surface area contributed by atoms with Gasteiger partial charge in [-0.2, -0.15) is 0 Å². The number of piperazine rings is 1. The average molecular weight is 465 g/mol. The van der Waals surface area contributed by atoms with Gasteiger partial charge in [-0.05, 0) is 29.2 Å². The van der Waals surface area contributed by atoms with Gasteiger partial charge >= 0.3 is 0 Å². The number of aliphatic hydroxyl groups excluding tert-OH is 1. The summed E-state index contributed by atoms with van der Waals surface area (Å²) in [4.78, 5) is 6.90. The molecule has 1 fully saturated rings. The molecule has 0 saturated carbocycles. The monoisotopic (exact) mass is 464 g/mol. The molecule has 30 heavy (non-hydrogen) atoms. The molecule has 6 heteroatoms. The third-order valence-electron chi connectivity index (χ3n) is 5.38. The van der Waals surface area contributed by atoms with Gasteiger partial charge in [0.2, 0.25) is 0 Å². The molecule has 1 saturated heterocycles. The number of hydrogen-bond acceptors (Lipinski definition) is 4. The molecule has 0 radical (unpaired) electrons. The smallest absolute Gasteiger partial charge is 0.0737 e. The van der Waals surface area contributed by atoms with Gasteiger partial charge in [0, 0.05) is 49.1 Å². The maximum absolute atomic E-state index is 9.05. The van der Waals surface area contributed by atoms with Gasteiger partial charge in [-0.15, -0.1) is 0 Å². The number of aliphatic hydroxyl groups is 1. The van der Waals surface area contributed by atoms with Crippen LogP contribution in [0.1, 0.15) is 30.9 Å². The number of halogens is 2. The van der Waals surface area contributed by atoms with Crippen LogP contribution in [-0.2, 0) is 0 Å². The molecule has 0 aromatic heterocycles. The highest BCUT2D eigenvalue weighted by molar-refractivity contribution is 7.99. The molecule has 1 aliphatic rings. The predicted octanol–water partition coefficient (Wildman–Crippen LogP) is 5.89. The van der Waals surface area contributed by atoms with Crippen molar-refractivity contribution in [1.29, 1.82) is 0 Å². The molecule has 0 unspecified atom stereocenters. The molecule has 1 heterocycles. The van der Waals surface area contributed by atoms with Crippen LogP contribution in [0.4, 0.5) is 0 Å². The van der Waals surface area contributed by atoms with Crippen molar-refractivity contribution < 1.29 is 5.11 Å². The SMILES string of the molecule is CC(C)c1ccccc1Sc1ccc(/C=C\CN2CCN(CCO)CC2)c(Cl)c1Cl. The van der Waals surface area contributed by atoms with Crippen LogP contribution in [0.25, 0.3) is 6.08 Å². The Kier molecular flexibility index (Phi) is 9.12. The zero-order valence-electron chi connectivity index (χ0n) is 17.7. The molecule has 0 spiro atoms. The van der Waals surface area contributed by atoms with Gasteiger partial charge in [-0.3, -0.25) is 9.80 Å². The van der Waals surface area contributed by atoms with Crippen LogP contribution in [0, 0.1) is 0 Å². The van der Waals surface area contributed by atoms with Gasteiger partial charge in [0.15, 0.2) is 0 Å². The second-order valence-corrected chi connectivity index (χ2v) is 9.68. The largest absolute Gasteiger partial charge is 0.395 e. The number of rotatable bonds is 8. The van der Waals surface area contributed by atoms with E-state index < -0.39 is 0 Å². The normalized spacial score (nSPS) is 16.1. The minimum Gasteiger partial charge on any atom is -0.395 e. The van der Waals surface area contributed by atoms with Crippen LogP contribution in [0.3, 0.4) is 0 Å². The average Bonchev–Trinajstić information content (AvgIpc) is 2.75. The van der Waals surface area contributed by atoms with Gasteiger partial charge in [0.25, 0.3) is 0 Å². The Morgan fingerprint density at radius 1 is 0.967 bits per heavy atom. The summed E-state index contributed by atoms with van der Waals surface area (Å²) in [6.45, 7) is 10.3. The summed E-state index contributed by atoms with van der Waals surface area (Å²) in [5.74, 6) is 0.454. The van der Waals surface area contributed by atoms with Crippen LogP contribution >= 0.6 is 35.0 Å². The Morgan fingerprint density at radius 2 is 1.67 bits per heavy atom. The topological polar surface area (TPSA) is 26.7 Å². The van der Waals surface area contributed by atoms with E-state index in [0.29, 0.717) is 16.0 Å². The Morgan fingerprint density at radius 3 is 2.37 bits per heavy atom. The molecule has 0 aliphatic carbocycles. The van der Waals surface area contributed by atoms with Gasteiger partial charge < -0.3 is 5.11 Å². The van der Waals surface area contributed by atoms with Crippen LogP contribution < -0.4 is 0 Å². The van der Waals surface area contributed by atoms with E-state index in [1.165, 1.54) is 10.5 Å². The summed E-state index contributed by atoms with van der Waals surface area (Å²) in [5, 5.41) is 10.3. The van der Waals surface area contributed by atoms with Gasteiger partial charge in [-0.1, -0.05) is 85.2 Å². The van der Waals surface area contributed by atoms with E-state index in [1.807, 2.05) is 6.07 Å². The Hall–Kier alpha value is -1.01. The van der Waals surface area contributed by atoms with Gasteiger partial charge in [-0.25, -0.2) is 0 Å². The molecule has 3 nitrogen and oxygen atoms in total. The van der Waals surface area contributed by atoms with Crippen molar-refractivity contribution in [2.75, 3.05) is 45.9 Å². The van der Waals surface area contributed by atoms with Crippen molar-refractivity contribution in [2.45, 2.75) is 29.6 Å². The predicted molar refractivity (Wildman–Crippen MR) is 130 cm³/mol. The molecule has 1 aliphatic heterocycles. The second kappa shape index (κ2) is 11.6. The van der Waals surface area contributed by atoms with Crippen LogP contribution in [0.2, 0.25) is 10.0 Å². The second-order valence-electron chi connectivity index (χ2n) is 7.84. The molecule has 1 N–H and O–H groups in total. The van der Waals surface area contributed by atoms with Crippen LogP contribution in [0.5, 0.6) is 0 Å². The highest BCUT2D eigenvalue weighted by Gasteiger charge is 2.15. The van der Waals surface area contributed by atoms with Crippen molar-refractivity contribution in [3.8, 4) is 0 Å². The third-order valence-corrected chi connectivity index (χ3v) is 7.54. The van der Waals surface area contributed by atoms with Gasteiger partial charge in [0.05, 0.1) is 16.7 Å². The number of β-amino-alcohol motifs (C(OH)–C–C–N with tert-alkyl or cyclic N) is 1. The fraction of sp³-hybridized carbons (Fsp3) is 0.417. The third kappa shape index (κ3) is 6.25. The molecular weight excluding hydrogens is 435 g/mol. The lowest BCUT2D eigenvalue weighted by Gasteiger charge is -2.33. The summed E-state index contributed by atoms with van der Waals surface area (Å²) in [5.41, 5.74) is 2.26. The molecule has 2 aromatic carbocycles. The first-order chi connectivity index (χ1) is 14.5. The molecule has 0 atom stereocenters. The fourth-order valence-electron chi connectivity index (χ4n) is 3.59. The van der Waals surface area contributed by atoms with Gasteiger partial charge in [0.1, 0.15) is 0 Å². The molecular formula is C24H30Cl2N2OS. The molecule has 162 valence electrons. The van der Waals surface area contributed by atoms with Crippen LogP contribution in [-0.4, -0.2) is 60.8 Å². The first-order valence-corrected chi connectivity index (χ1v) is 12.0. The summed E-state index contributed by atoms with van der Waals surface area (Å²) >= 11 is 14.9. The van der Waals surface area contributed by atoms with E-state index in [1.54, 1.807) is 11.8 Å². The first-order valence-electron chi connectivity index (χ1n) is 10.5. The zero-order chi connectivity index (χ0) is 21.5. The minimum atomic E-state index is 0.233. The highest BCUT2D eigenvalue weighted by atomic mass is 35.5. The number of nitrogens with zero attached hydrogens (tertiary/aromatic N) is 2. The quantitative estimate of drug-likeness (QED) is 0.526. The van der Waals surface area contributed by atoms with E-state index in [9.17, 15) is 0 Å². The lowest BCUT2D eigenvalue weighted by molar-refractivity contribution is 0.120. The van der Waals surface area contributed by atoms with E-state index in [4.69, 9.17) is 28.3 Å². The first kappa shape index (κ1) is 23.6. The number of hydrogen-bond donors (Lipinski definition) is 1. The maximum Gasteiger partial charge on any atom is 0.0737 e. The van der Waals surface area contributed by atoms with Crippen molar-refractivity contribution in [2.24, 2.45) is 0 Å². The number of benzene rings is 2. The Bertz CT molecular complexity index is 864. The molecule has 2 aromatic rings. The van der Waals surface area contributed by atoms with Crippen molar-refractivity contribution in [3.63, 3.8) is 0 Å². The van der Waals surface area contributed by atoms with Crippen molar-refractivity contribution in [3.05, 3.63) is 63.6 Å². The maximum atomic E-state index is 9.05. The zero-order valence-corrected chi connectivity index (χ0v) is 20.0. The summed E-state index contributed by atoms with van der Waals surface area (Å²) < 4.78 is 0. The van der Waals surface area contributed by atoms with E-state index in [-0.39, 0.29) is 6.61 Å². The van der Waals surface area contributed by atoms with E-state index >= 15 is 0 Å². The standard InChI is InChI=1S/C24H30Cl2N2OS/c1-18(2)20-7-3-4-8-21(20)30-22-10-9-19(23(25)24(22)26)6-5-11-27-12-14-28(15-13-27)16-17-29/h3-10,18,29H,11-17H2,1-2H3/b6-5-. The van der Waals surface area contributed by atoms with E-state index in [2.05, 4.69) is 66.1 Å². The summed E-state index contributed by atoms with van der Waals surface area (Å²) in [6, 6.07) is 12.5. The lowest BCUT2D eigenvalue weighted by Crippen LogP contribution is -2.47. The van der Waals surface area contributed by atoms with Crippen molar-refractivity contribution >= 4 is 41.0 Å². The molecule has 0 bridgehead atoms. The minimum absolute atomic E-state index is 0.233. The summed E-state index contributed by atoms with van der Waals surface area (Å²) in [7, 11) is 0. The fourth-order valence-corrected chi connectivity index (χ4v) is 5.29. The Balaban J connectivity index is 1.63. The Labute approximate surface area is 194 Å². The summed E-state index contributed by atoms with van der Waals surface area (Å²) in [6.07, 6.45) is 4.21. The van der Waals surface area contributed by atoms with Crippen molar-refractivity contribution in [1.82, 2.24) is 9.80 Å². The van der Waals surface area contributed by atoms with E-state index in [0.717, 1.165) is 49.7 Å². The molecule has 0 amide bonds. The lowest BCUT2D eigenvalue weighted by atomic mass is 10.0. The highest BCUT2D eigenvalue weighted by Crippen LogP contribution is 2.41. The molecule has 3 rings (SSSR count). The van der Waals surface area contributed by atoms with Crippen LogP contribution in [0.15, 0.2) is 52.3 Å².